The third-order valence-corrected chi connectivity index (χ3v) is 2.75. The van der Waals surface area contributed by atoms with Gasteiger partial charge in [-0.1, -0.05) is 22.9 Å². The van der Waals surface area contributed by atoms with Crippen LogP contribution in [0, 0.1) is 6.92 Å². The Hall–Kier alpha value is -1.84. The van der Waals surface area contributed by atoms with Crippen LogP contribution in [0.15, 0.2) is 30.5 Å². The second kappa shape index (κ2) is 4.80. The van der Waals surface area contributed by atoms with Crippen molar-refractivity contribution < 1.29 is 0 Å². The summed E-state index contributed by atoms with van der Waals surface area (Å²) in [6.45, 7) is 9.11. The van der Waals surface area contributed by atoms with Crippen molar-refractivity contribution in [2.75, 3.05) is 5.32 Å². The zero-order valence-electron chi connectivity index (χ0n) is 11.4. The molecule has 1 heterocycles. The van der Waals surface area contributed by atoms with Crippen LogP contribution in [0.25, 0.3) is 0 Å². The standard InChI is InChI=1S/C14H20N4/c1-11-5-7-12(8-6-11)15-9-13-10-18(17-16-13)14(2,3)4/h5-8,10,15H,9H2,1-4H3. The van der Waals surface area contributed by atoms with E-state index < -0.39 is 0 Å². The van der Waals surface area contributed by atoms with E-state index in [9.17, 15) is 0 Å². The maximum Gasteiger partial charge on any atom is 0.102 e. The minimum Gasteiger partial charge on any atom is -0.379 e. The first-order valence-corrected chi connectivity index (χ1v) is 6.17. The van der Waals surface area contributed by atoms with Crippen LogP contribution in [0.3, 0.4) is 0 Å². The van der Waals surface area contributed by atoms with Crippen molar-refractivity contribution in [2.45, 2.75) is 39.8 Å². The molecule has 0 bridgehead atoms. The molecular formula is C14H20N4. The first kappa shape index (κ1) is 12.6. The van der Waals surface area contributed by atoms with E-state index in [2.05, 4.69) is 67.6 Å². The Morgan fingerprint density at radius 2 is 1.83 bits per heavy atom. The fourth-order valence-corrected chi connectivity index (χ4v) is 1.57. The smallest absolute Gasteiger partial charge is 0.102 e. The lowest BCUT2D eigenvalue weighted by molar-refractivity contribution is 0.347. The van der Waals surface area contributed by atoms with Gasteiger partial charge in [-0.25, -0.2) is 4.68 Å². The minimum atomic E-state index is -0.0187. The Kier molecular flexibility index (Phi) is 3.36. The average Bonchev–Trinajstić information content (AvgIpc) is 2.77. The highest BCUT2D eigenvalue weighted by Crippen LogP contribution is 2.13. The summed E-state index contributed by atoms with van der Waals surface area (Å²) < 4.78 is 1.89. The quantitative estimate of drug-likeness (QED) is 0.902. The summed E-state index contributed by atoms with van der Waals surface area (Å²) in [5.41, 5.74) is 3.30. The van der Waals surface area contributed by atoms with Crippen molar-refractivity contribution >= 4 is 5.69 Å². The molecule has 0 saturated carbocycles. The van der Waals surface area contributed by atoms with Gasteiger partial charge in [-0.3, -0.25) is 0 Å². The molecule has 2 rings (SSSR count). The van der Waals surface area contributed by atoms with Crippen LogP contribution in [0.5, 0.6) is 0 Å². The third kappa shape index (κ3) is 3.09. The summed E-state index contributed by atoms with van der Waals surface area (Å²) in [6, 6.07) is 8.33. The second-order valence-electron chi connectivity index (χ2n) is 5.54. The average molecular weight is 244 g/mol. The van der Waals surface area contributed by atoms with E-state index in [4.69, 9.17) is 0 Å². The molecule has 0 aliphatic rings. The molecule has 1 aromatic heterocycles. The molecule has 0 unspecified atom stereocenters. The molecule has 18 heavy (non-hydrogen) atoms. The molecule has 0 amide bonds. The van der Waals surface area contributed by atoms with Crippen molar-refractivity contribution in [3.05, 3.63) is 41.7 Å². The summed E-state index contributed by atoms with van der Waals surface area (Å²) in [4.78, 5) is 0. The van der Waals surface area contributed by atoms with E-state index in [0.29, 0.717) is 6.54 Å². The molecule has 2 aromatic rings. The topological polar surface area (TPSA) is 42.7 Å². The first-order chi connectivity index (χ1) is 8.45. The molecule has 0 saturated heterocycles. The molecule has 0 atom stereocenters. The number of nitrogens with zero attached hydrogens (tertiary/aromatic N) is 3. The summed E-state index contributed by atoms with van der Waals surface area (Å²) in [6.07, 6.45) is 1.99. The van der Waals surface area contributed by atoms with E-state index in [1.807, 2.05) is 10.9 Å². The van der Waals surface area contributed by atoms with Crippen LogP contribution < -0.4 is 5.32 Å². The van der Waals surface area contributed by atoms with Gasteiger partial charge < -0.3 is 5.32 Å². The predicted octanol–water partition coefficient (Wildman–Crippen LogP) is 2.95. The van der Waals surface area contributed by atoms with Gasteiger partial charge >= 0.3 is 0 Å². The van der Waals surface area contributed by atoms with Gasteiger partial charge in [-0.05, 0) is 39.8 Å². The summed E-state index contributed by atoms with van der Waals surface area (Å²) in [7, 11) is 0. The molecule has 0 fully saturated rings. The number of benzene rings is 1. The van der Waals surface area contributed by atoms with Crippen molar-refractivity contribution in [2.24, 2.45) is 0 Å². The summed E-state index contributed by atoms with van der Waals surface area (Å²) >= 11 is 0. The third-order valence-electron chi connectivity index (χ3n) is 2.75. The van der Waals surface area contributed by atoms with Gasteiger partial charge in [0, 0.05) is 5.69 Å². The zero-order valence-corrected chi connectivity index (χ0v) is 11.4. The highest BCUT2D eigenvalue weighted by molar-refractivity contribution is 5.44. The van der Waals surface area contributed by atoms with Crippen LogP contribution >= 0.6 is 0 Å². The number of aryl methyl sites for hydroxylation is 1. The molecule has 1 aromatic carbocycles. The van der Waals surface area contributed by atoms with Gasteiger partial charge in [0.1, 0.15) is 5.69 Å². The van der Waals surface area contributed by atoms with E-state index >= 15 is 0 Å². The Labute approximate surface area is 108 Å². The lowest BCUT2D eigenvalue weighted by atomic mass is 10.1. The number of anilines is 1. The predicted molar refractivity (Wildman–Crippen MR) is 73.5 cm³/mol. The summed E-state index contributed by atoms with van der Waals surface area (Å²) in [5, 5.41) is 11.6. The molecule has 4 nitrogen and oxygen atoms in total. The fourth-order valence-electron chi connectivity index (χ4n) is 1.57. The SMILES string of the molecule is Cc1ccc(NCc2cn(C(C)(C)C)nn2)cc1. The minimum absolute atomic E-state index is 0.0187. The van der Waals surface area contributed by atoms with Gasteiger partial charge in [-0.2, -0.15) is 0 Å². The van der Waals surface area contributed by atoms with Gasteiger partial charge in [0.15, 0.2) is 0 Å². The largest absolute Gasteiger partial charge is 0.379 e. The Bertz CT molecular complexity index is 505. The van der Waals surface area contributed by atoms with Crippen LogP contribution in [-0.4, -0.2) is 15.0 Å². The van der Waals surface area contributed by atoms with E-state index in [-0.39, 0.29) is 5.54 Å². The van der Waals surface area contributed by atoms with Crippen LogP contribution in [0.2, 0.25) is 0 Å². The number of nitrogens with one attached hydrogen (secondary N) is 1. The fraction of sp³-hybridized carbons (Fsp3) is 0.429. The van der Waals surface area contributed by atoms with Crippen LogP contribution in [0.4, 0.5) is 5.69 Å². The number of hydrogen-bond donors (Lipinski definition) is 1. The number of rotatable bonds is 3. The lowest BCUT2D eigenvalue weighted by Gasteiger charge is -2.17. The van der Waals surface area contributed by atoms with Gasteiger partial charge in [0.25, 0.3) is 0 Å². The van der Waals surface area contributed by atoms with E-state index in [1.165, 1.54) is 5.56 Å². The second-order valence-corrected chi connectivity index (χ2v) is 5.54. The number of hydrogen-bond acceptors (Lipinski definition) is 3. The van der Waals surface area contributed by atoms with Crippen molar-refractivity contribution in [3.63, 3.8) is 0 Å². The maximum atomic E-state index is 4.17. The molecule has 0 aliphatic carbocycles. The maximum absolute atomic E-state index is 4.17. The highest BCUT2D eigenvalue weighted by Gasteiger charge is 2.14. The zero-order chi connectivity index (χ0) is 13.2. The molecule has 0 radical (unpaired) electrons. The number of aromatic nitrogens is 3. The van der Waals surface area contributed by atoms with Crippen LogP contribution in [-0.2, 0) is 12.1 Å². The highest BCUT2D eigenvalue weighted by atomic mass is 15.4. The molecule has 4 heteroatoms. The molecular weight excluding hydrogens is 224 g/mol. The molecule has 0 aliphatic heterocycles. The van der Waals surface area contributed by atoms with E-state index in [1.54, 1.807) is 0 Å². The Morgan fingerprint density at radius 3 is 2.39 bits per heavy atom. The van der Waals surface area contributed by atoms with Gasteiger partial charge in [0.05, 0.1) is 18.3 Å². The first-order valence-electron chi connectivity index (χ1n) is 6.17. The Morgan fingerprint density at radius 1 is 1.17 bits per heavy atom. The normalized spacial score (nSPS) is 11.6. The van der Waals surface area contributed by atoms with Crippen molar-refractivity contribution in [1.29, 1.82) is 0 Å². The molecule has 0 spiro atoms. The monoisotopic (exact) mass is 244 g/mol. The van der Waals surface area contributed by atoms with E-state index in [0.717, 1.165) is 11.4 Å². The lowest BCUT2D eigenvalue weighted by Crippen LogP contribution is -2.22. The Balaban J connectivity index is 1.98. The molecule has 96 valence electrons. The van der Waals surface area contributed by atoms with Gasteiger partial charge in [0.2, 0.25) is 0 Å². The van der Waals surface area contributed by atoms with Crippen molar-refractivity contribution in [1.82, 2.24) is 15.0 Å². The van der Waals surface area contributed by atoms with Gasteiger partial charge in [-0.15, -0.1) is 5.10 Å². The summed E-state index contributed by atoms with van der Waals surface area (Å²) in [5.74, 6) is 0. The van der Waals surface area contributed by atoms with Crippen molar-refractivity contribution in [3.8, 4) is 0 Å². The van der Waals surface area contributed by atoms with Crippen LogP contribution in [0.1, 0.15) is 32.0 Å². The molecule has 1 N–H and O–H groups in total.